The molecule has 140 valence electrons. The number of sulfone groups is 1. The van der Waals surface area contributed by atoms with Crippen LogP contribution >= 0.6 is 0 Å². The summed E-state index contributed by atoms with van der Waals surface area (Å²) >= 11 is 0. The summed E-state index contributed by atoms with van der Waals surface area (Å²) in [7, 11) is -3.34. The SMILES string of the molecule is Cc1ccc(S(C)(=O)=O)cc1C(=O)NCC(C(C)C)N1CCOCC1. The van der Waals surface area contributed by atoms with E-state index in [1.54, 1.807) is 6.07 Å². The molecular weight excluding hydrogens is 340 g/mol. The Balaban J connectivity index is 2.10. The molecule has 1 heterocycles. The second kappa shape index (κ2) is 8.29. The van der Waals surface area contributed by atoms with Crippen LogP contribution < -0.4 is 5.32 Å². The van der Waals surface area contributed by atoms with E-state index in [0.29, 0.717) is 31.2 Å². The molecule has 0 bridgehead atoms. The van der Waals surface area contributed by atoms with Crippen molar-refractivity contribution in [3.05, 3.63) is 29.3 Å². The maximum absolute atomic E-state index is 12.6. The third kappa shape index (κ3) is 5.26. The lowest BCUT2D eigenvalue weighted by atomic mass is 10.0. The monoisotopic (exact) mass is 368 g/mol. The van der Waals surface area contributed by atoms with Crippen molar-refractivity contribution >= 4 is 15.7 Å². The van der Waals surface area contributed by atoms with Crippen LogP contribution in [-0.2, 0) is 14.6 Å². The first-order valence-corrected chi connectivity index (χ1v) is 10.5. The topological polar surface area (TPSA) is 75.7 Å². The van der Waals surface area contributed by atoms with Gasteiger partial charge in [-0.3, -0.25) is 9.69 Å². The minimum Gasteiger partial charge on any atom is -0.379 e. The van der Waals surface area contributed by atoms with Gasteiger partial charge in [0.15, 0.2) is 9.84 Å². The van der Waals surface area contributed by atoms with Gasteiger partial charge in [0.25, 0.3) is 5.91 Å². The zero-order valence-corrected chi connectivity index (χ0v) is 16.2. The van der Waals surface area contributed by atoms with Crippen molar-refractivity contribution in [1.82, 2.24) is 10.2 Å². The Kier molecular flexibility index (Phi) is 6.59. The molecule has 0 saturated carbocycles. The molecule has 0 aliphatic carbocycles. The molecule has 1 aliphatic heterocycles. The van der Waals surface area contributed by atoms with E-state index in [0.717, 1.165) is 24.9 Å². The van der Waals surface area contributed by atoms with Crippen LogP contribution in [-0.4, -0.2) is 64.4 Å². The first kappa shape index (κ1) is 19.9. The summed E-state index contributed by atoms with van der Waals surface area (Å²) in [6.07, 6.45) is 1.15. The molecule has 0 spiro atoms. The smallest absolute Gasteiger partial charge is 0.251 e. The van der Waals surface area contributed by atoms with Crippen LogP contribution in [0.25, 0.3) is 0 Å². The number of aryl methyl sites for hydroxylation is 1. The quantitative estimate of drug-likeness (QED) is 0.823. The fraction of sp³-hybridized carbons (Fsp3) is 0.611. The van der Waals surface area contributed by atoms with Gasteiger partial charge in [0.2, 0.25) is 0 Å². The highest BCUT2D eigenvalue weighted by atomic mass is 32.2. The highest BCUT2D eigenvalue weighted by Crippen LogP contribution is 2.17. The van der Waals surface area contributed by atoms with E-state index in [1.807, 2.05) is 6.92 Å². The molecule has 1 N–H and O–H groups in total. The number of nitrogens with one attached hydrogen (secondary N) is 1. The maximum atomic E-state index is 12.6. The van der Waals surface area contributed by atoms with Crippen LogP contribution in [0.4, 0.5) is 0 Å². The third-order valence-corrected chi connectivity index (χ3v) is 5.75. The van der Waals surface area contributed by atoms with Crippen molar-refractivity contribution in [2.45, 2.75) is 31.7 Å². The Bertz CT molecular complexity index is 710. The highest BCUT2D eigenvalue weighted by Gasteiger charge is 2.24. The first-order chi connectivity index (χ1) is 11.7. The zero-order valence-electron chi connectivity index (χ0n) is 15.4. The van der Waals surface area contributed by atoms with E-state index in [2.05, 4.69) is 24.1 Å². The lowest BCUT2D eigenvalue weighted by molar-refractivity contribution is 0.00672. The molecule has 6 nitrogen and oxygen atoms in total. The van der Waals surface area contributed by atoms with Gasteiger partial charge in [-0.1, -0.05) is 19.9 Å². The Labute approximate surface area is 150 Å². The van der Waals surface area contributed by atoms with E-state index in [9.17, 15) is 13.2 Å². The summed E-state index contributed by atoms with van der Waals surface area (Å²) in [6, 6.07) is 4.89. The van der Waals surface area contributed by atoms with Crippen LogP contribution in [0.2, 0.25) is 0 Å². The average Bonchev–Trinajstić information content (AvgIpc) is 2.54. The fourth-order valence-electron chi connectivity index (χ4n) is 3.06. The molecule has 1 aliphatic rings. The molecule has 0 aromatic heterocycles. The lowest BCUT2D eigenvalue weighted by Crippen LogP contribution is -2.51. The third-order valence-electron chi connectivity index (χ3n) is 4.64. The van der Waals surface area contributed by atoms with Crippen molar-refractivity contribution in [1.29, 1.82) is 0 Å². The molecular formula is C18H28N2O4S. The Morgan fingerprint density at radius 2 is 1.92 bits per heavy atom. The molecule has 1 aromatic carbocycles. The Morgan fingerprint density at radius 1 is 1.28 bits per heavy atom. The number of amides is 1. The van der Waals surface area contributed by atoms with E-state index in [4.69, 9.17) is 4.74 Å². The van der Waals surface area contributed by atoms with Gasteiger partial charge in [-0.2, -0.15) is 0 Å². The van der Waals surface area contributed by atoms with Crippen molar-refractivity contribution in [3.63, 3.8) is 0 Å². The minimum atomic E-state index is -3.34. The van der Waals surface area contributed by atoms with E-state index in [1.165, 1.54) is 12.1 Å². The summed E-state index contributed by atoms with van der Waals surface area (Å²) in [5.41, 5.74) is 1.17. The second-order valence-corrected chi connectivity index (χ2v) is 8.93. The molecule has 1 unspecified atom stereocenters. The van der Waals surface area contributed by atoms with E-state index < -0.39 is 9.84 Å². The summed E-state index contributed by atoms with van der Waals surface area (Å²) in [6.45, 7) is 9.77. The zero-order chi connectivity index (χ0) is 18.6. The summed E-state index contributed by atoms with van der Waals surface area (Å²) in [4.78, 5) is 15.1. The molecule has 1 atom stereocenters. The number of carbonyl (C=O) groups is 1. The number of hydrogen-bond donors (Lipinski definition) is 1. The van der Waals surface area contributed by atoms with Gasteiger partial charge in [-0.05, 0) is 30.5 Å². The predicted octanol–water partition coefficient (Wildman–Crippen LogP) is 1.49. The predicted molar refractivity (Wildman–Crippen MR) is 97.6 cm³/mol. The van der Waals surface area contributed by atoms with Gasteiger partial charge >= 0.3 is 0 Å². The van der Waals surface area contributed by atoms with Gasteiger partial charge in [-0.25, -0.2) is 8.42 Å². The summed E-state index contributed by atoms with van der Waals surface area (Å²) in [5, 5.41) is 2.98. The van der Waals surface area contributed by atoms with Gasteiger partial charge in [0.05, 0.1) is 18.1 Å². The van der Waals surface area contributed by atoms with E-state index >= 15 is 0 Å². The Hall–Kier alpha value is -1.44. The maximum Gasteiger partial charge on any atom is 0.251 e. The highest BCUT2D eigenvalue weighted by molar-refractivity contribution is 7.90. The minimum absolute atomic E-state index is 0.164. The van der Waals surface area contributed by atoms with Gasteiger partial charge < -0.3 is 10.1 Å². The van der Waals surface area contributed by atoms with Crippen molar-refractivity contribution in [2.24, 2.45) is 5.92 Å². The van der Waals surface area contributed by atoms with Crippen LogP contribution in [0.5, 0.6) is 0 Å². The summed E-state index contributed by atoms with van der Waals surface area (Å²) in [5.74, 6) is 0.156. The largest absolute Gasteiger partial charge is 0.379 e. The molecule has 1 aromatic rings. The van der Waals surface area contributed by atoms with Gasteiger partial charge in [0, 0.05) is 37.5 Å². The standard InChI is InChI=1S/C18H28N2O4S/c1-13(2)17(20-7-9-24-10-8-20)12-19-18(21)16-11-15(25(4,22)23)6-5-14(16)3/h5-6,11,13,17H,7-10,12H2,1-4H3,(H,19,21). The van der Waals surface area contributed by atoms with Crippen molar-refractivity contribution < 1.29 is 17.9 Å². The number of morpholine rings is 1. The Morgan fingerprint density at radius 3 is 2.48 bits per heavy atom. The van der Waals surface area contributed by atoms with Crippen molar-refractivity contribution in [3.8, 4) is 0 Å². The number of carbonyl (C=O) groups excluding carboxylic acids is 1. The molecule has 1 amide bonds. The fourth-order valence-corrected chi connectivity index (χ4v) is 3.71. The average molecular weight is 368 g/mol. The number of hydrogen-bond acceptors (Lipinski definition) is 5. The molecule has 25 heavy (non-hydrogen) atoms. The lowest BCUT2D eigenvalue weighted by Gasteiger charge is -2.37. The number of benzene rings is 1. The second-order valence-electron chi connectivity index (χ2n) is 6.92. The number of nitrogens with zero attached hydrogens (tertiary/aromatic N) is 1. The van der Waals surface area contributed by atoms with Crippen LogP contribution in [0.1, 0.15) is 29.8 Å². The molecule has 1 fully saturated rings. The van der Waals surface area contributed by atoms with Gasteiger partial charge in [-0.15, -0.1) is 0 Å². The molecule has 0 radical (unpaired) electrons. The number of rotatable bonds is 6. The van der Waals surface area contributed by atoms with E-state index in [-0.39, 0.29) is 16.8 Å². The summed E-state index contributed by atoms with van der Waals surface area (Å²) < 4.78 is 28.9. The normalized spacial score (nSPS) is 17.5. The van der Waals surface area contributed by atoms with Crippen LogP contribution in [0.3, 0.4) is 0 Å². The van der Waals surface area contributed by atoms with Crippen LogP contribution in [0.15, 0.2) is 23.1 Å². The molecule has 1 saturated heterocycles. The van der Waals surface area contributed by atoms with Gasteiger partial charge in [0.1, 0.15) is 0 Å². The van der Waals surface area contributed by atoms with Crippen LogP contribution in [0, 0.1) is 12.8 Å². The number of ether oxygens (including phenoxy) is 1. The van der Waals surface area contributed by atoms with Crippen molar-refractivity contribution in [2.75, 3.05) is 39.1 Å². The first-order valence-electron chi connectivity index (χ1n) is 8.61. The molecule has 2 rings (SSSR count). The molecule has 7 heteroatoms.